The topological polar surface area (TPSA) is 62.6 Å². The molecule has 0 radical (unpaired) electrons. The van der Waals surface area contributed by atoms with Gasteiger partial charge in [-0.1, -0.05) is 23.8 Å². The molecule has 1 N–H and O–H groups in total. The smallest absolute Gasteiger partial charge is 0.261 e. The minimum atomic E-state index is -0.0941. The summed E-state index contributed by atoms with van der Waals surface area (Å²) in [7, 11) is 0. The van der Waals surface area contributed by atoms with E-state index >= 15 is 0 Å². The number of hydrogen-bond acceptors (Lipinski definition) is 4. The SMILES string of the molecule is Cc1ccc(N(Cc2ccco2)C(=O)CCCNC(=O)c2cccs2)cc1. The van der Waals surface area contributed by atoms with Crippen LogP contribution in [0.1, 0.15) is 33.8 Å². The Balaban J connectivity index is 1.57. The van der Waals surface area contributed by atoms with Gasteiger partial charge in [-0.05, 0) is 49.1 Å². The maximum Gasteiger partial charge on any atom is 0.261 e. The highest BCUT2D eigenvalue weighted by atomic mass is 32.1. The highest BCUT2D eigenvalue weighted by Crippen LogP contribution is 2.20. The number of aryl methyl sites for hydroxylation is 1. The molecule has 0 saturated heterocycles. The van der Waals surface area contributed by atoms with Gasteiger partial charge in [0.05, 0.1) is 17.7 Å². The minimum absolute atomic E-state index is 0.000579. The first kappa shape index (κ1) is 18.9. The minimum Gasteiger partial charge on any atom is -0.467 e. The first-order chi connectivity index (χ1) is 13.1. The lowest BCUT2D eigenvalue weighted by molar-refractivity contribution is -0.118. The number of thiophene rings is 1. The van der Waals surface area contributed by atoms with Crippen LogP contribution < -0.4 is 10.2 Å². The van der Waals surface area contributed by atoms with Gasteiger partial charge in [-0.2, -0.15) is 0 Å². The van der Waals surface area contributed by atoms with Gasteiger partial charge in [0.25, 0.3) is 5.91 Å². The molecule has 2 heterocycles. The Morgan fingerprint density at radius 2 is 1.93 bits per heavy atom. The number of furan rings is 1. The molecule has 1 aromatic carbocycles. The molecule has 0 bridgehead atoms. The van der Waals surface area contributed by atoms with Gasteiger partial charge in [0.1, 0.15) is 5.76 Å². The molecular formula is C21H22N2O3S. The first-order valence-electron chi connectivity index (χ1n) is 8.84. The predicted molar refractivity (Wildman–Crippen MR) is 107 cm³/mol. The maximum atomic E-state index is 12.8. The van der Waals surface area contributed by atoms with Crippen LogP contribution >= 0.6 is 11.3 Å². The van der Waals surface area contributed by atoms with Crippen molar-refractivity contribution in [3.05, 3.63) is 76.4 Å². The van der Waals surface area contributed by atoms with Crippen LogP contribution in [0, 0.1) is 6.92 Å². The van der Waals surface area contributed by atoms with E-state index in [1.54, 1.807) is 17.2 Å². The summed E-state index contributed by atoms with van der Waals surface area (Å²) < 4.78 is 5.41. The van der Waals surface area contributed by atoms with E-state index in [1.165, 1.54) is 11.3 Å². The summed E-state index contributed by atoms with van der Waals surface area (Å²) in [6.45, 7) is 2.86. The molecule has 0 atom stereocenters. The molecule has 0 aliphatic carbocycles. The highest BCUT2D eigenvalue weighted by Gasteiger charge is 2.17. The van der Waals surface area contributed by atoms with Gasteiger partial charge < -0.3 is 14.6 Å². The zero-order chi connectivity index (χ0) is 19.1. The average molecular weight is 382 g/mol. The first-order valence-corrected chi connectivity index (χ1v) is 9.72. The van der Waals surface area contributed by atoms with Crippen LogP contribution in [-0.4, -0.2) is 18.4 Å². The van der Waals surface area contributed by atoms with E-state index in [9.17, 15) is 9.59 Å². The summed E-state index contributed by atoms with van der Waals surface area (Å²) in [5.74, 6) is 0.638. The highest BCUT2D eigenvalue weighted by molar-refractivity contribution is 7.12. The van der Waals surface area contributed by atoms with Crippen LogP contribution in [0.2, 0.25) is 0 Å². The van der Waals surface area contributed by atoms with Crippen LogP contribution in [0.3, 0.4) is 0 Å². The summed E-state index contributed by atoms with van der Waals surface area (Å²) in [6.07, 6.45) is 2.53. The van der Waals surface area contributed by atoms with E-state index in [2.05, 4.69) is 5.32 Å². The van der Waals surface area contributed by atoms with Crippen molar-refractivity contribution in [1.29, 1.82) is 0 Å². The second kappa shape index (κ2) is 9.19. The quantitative estimate of drug-likeness (QED) is 0.588. The monoisotopic (exact) mass is 382 g/mol. The lowest BCUT2D eigenvalue weighted by Crippen LogP contribution is -2.31. The molecule has 3 rings (SSSR count). The fraction of sp³-hybridized carbons (Fsp3) is 0.238. The molecule has 0 saturated carbocycles. The van der Waals surface area contributed by atoms with Gasteiger partial charge in [0.2, 0.25) is 5.91 Å². The second-order valence-corrected chi connectivity index (χ2v) is 7.18. The van der Waals surface area contributed by atoms with Gasteiger partial charge >= 0.3 is 0 Å². The van der Waals surface area contributed by atoms with Crippen molar-refractivity contribution in [3.63, 3.8) is 0 Å². The third-order valence-electron chi connectivity index (χ3n) is 4.14. The Morgan fingerprint density at radius 1 is 1.11 bits per heavy atom. The average Bonchev–Trinajstić information content (AvgIpc) is 3.37. The van der Waals surface area contributed by atoms with Gasteiger partial charge in [0, 0.05) is 18.7 Å². The summed E-state index contributed by atoms with van der Waals surface area (Å²) >= 11 is 1.40. The fourth-order valence-electron chi connectivity index (χ4n) is 2.68. The zero-order valence-electron chi connectivity index (χ0n) is 15.2. The lowest BCUT2D eigenvalue weighted by atomic mass is 10.2. The molecule has 2 amide bonds. The second-order valence-electron chi connectivity index (χ2n) is 6.23. The molecule has 0 spiro atoms. The van der Waals surface area contributed by atoms with Crippen molar-refractivity contribution in [2.75, 3.05) is 11.4 Å². The molecule has 2 aromatic heterocycles. The van der Waals surface area contributed by atoms with Crippen LogP contribution in [0.15, 0.2) is 64.6 Å². The molecular weight excluding hydrogens is 360 g/mol. The molecule has 27 heavy (non-hydrogen) atoms. The van der Waals surface area contributed by atoms with Gasteiger partial charge in [-0.3, -0.25) is 9.59 Å². The van der Waals surface area contributed by atoms with Crippen molar-refractivity contribution in [2.24, 2.45) is 0 Å². The molecule has 140 valence electrons. The number of carbonyl (C=O) groups is 2. The number of carbonyl (C=O) groups excluding carboxylic acids is 2. The Hall–Kier alpha value is -2.86. The summed E-state index contributed by atoms with van der Waals surface area (Å²) in [6, 6.07) is 15.1. The number of rotatable bonds is 8. The van der Waals surface area contributed by atoms with Crippen molar-refractivity contribution in [2.45, 2.75) is 26.3 Å². The van der Waals surface area contributed by atoms with Crippen molar-refractivity contribution >= 4 is 28.8 Å². The number of nitrogens with zero attached hydrogens (tertiary/aromatic N) is 1. The van der Waals surface area contributed by atoms with Crippen molar-refractivity contribution in [3.8, 4) is 0 Å². The van der Waals surface area contributed by atoms with E-state index in [-0.39, 0.29) is 11.8 Å². The van der Waals surface area contributed by atoms with E-state index in [4.69, 9.17) is 4.42 Å². The number of benzene rings is 1. The number of anilines is 1. The van der Waals surface area contributed by atoms with Crippen LogP contribution in [0.4, 0.5) is 5.69 Å². The molecule has 6 heteroatoms. The summed E-state index contributed by atoms with van der Waals surface area (Å²) in [5.41, 5.74) is 1.98. The van der Waals surface area contributed by atoms with E-state index in [0.717, 1.165) is 17.0 Å². The summed E-state index contributed by atoms with van der Waals surface area (Å²) in [4.78, 5) is 27.1. The normalized spacial score (nSPS) is 10.6. The van der Waals surface area contributed by atoms with Gasteiger partial charge in [0.15, 0.2) is 0 Å². The fourth-order valence-corrected chi connectivity index (χ4v) is 3.32. The van der Waals surface area contributed by atoms with Crippen LogP contribution in [0.25, 0.3) is 0 Å². The standard InChI is InChI=1S/C21H22N2O3S/c1-16-8-10-17(11-9-16)23(15-18-5-3-13-26-18)20(24)7-2-12-22-21(25)19-6-4-14-27-19/h3-6,8-11,13-14H,2,7,12,15H2,1H3,(H,22,25). The number of nitrogens with one attached hydrogen (secondary N) is 1. The molecule has 5 nitrogen and oxygen atoms in total. The Kier molecular flexibility index (Phi) is 6.44. The maximum absolute atomic E-state index is 12.8. The van der Waals surface area contributed by atoms with E-state index in [1.807, 2.05) is 54.8 Å². The van der Waals surface area contributed by atoms with Crippen molar-refractivity contribution in [1.82, 2.24) is 5.32 Å². The number of hydrogen-bond donors (Lipinski definition) is 1. The third kappa shape index (κ3) is 5.31. The molecule has 0 aliphatic rings. The predicted octanol–water partition coefficient (Wildman–Crippen LogP) is 4.39. The third-order valence-corrected chi connectivity index (χ3v) is 5.01. The Morgan fingerprint density at radius 3 is 2.59 bits per heavy atom. The van der Waals surface area contributed by atoms with E-state index in [0.29, 0.717) is 30.8 Å². The molecule has 3 aromatic rings. The lowest BCUT2D eigenvalue weighted by Gasteiger charge is -2.22. The number of amides is 2. The molecule has 0 fully saturated rings. The molecule has 0 unspecified atom stereocenters. The van der Waals surface area contributed by atoms with Crippen LogP contribution in [-0.2, 0) is 11.3 Å². The van der Waals surface area contributed by atoms with Crippen molar-refractivity contribution < 1.29 is 14.0 Å². The van der Waals surface area contributed by atoms with Crippen LogP contribution in [0.5, 0.6) is 0 Å². The Bertz CT molecular complexity index is 855. The van der Waals surface area contributed by atoms with Gasteiger partial charge in [-0.25, -0.2) is 0 Å². The Labute approximate surface area is 162 Å². The zero-order valence-corrected chi connectivity index (χ0v) is 16.0. The largest absolute Gasteiger partial charge is 0.467 e. The summed E-state index contributed by atoms with van der Waals surface area (Å²) in [5, 5.41) is 4.72. The van der Waals surface area contributed by atoms with Gasteiger partial charge in [-0.15, -0.1) is 11.3 Å². The molecule has 0 aliphatic heterocycles. The van der Waals surface area contributed by atoms with E-state index < -0.39 is 0 Å².